The van der Waals surface area contributed by atoms with Crippen LogP contribution in [0.3, 0.4) is 0 Å². The van der Waals surface area contributed by atoms with Crippen LogP contribution < -0.4 is 10.5 Å². The molecule has 1 saturated carbocycles. The van der Waals surface area contributed by atoms with E-state index in [1.54, 1.807) is 6.92 Å². The Morgan fingerprint density at radius 3 is 2.68 bits per heavy atom. The van der Waals surface area contributed by atoms with Crippen molar-refractivity contribution in [2.45, 2.75) is 51.1 Å². The van der Waals surface area contributed by atoms with E-state index >= 15 is 0 Å². The molecule has 1 aromatic rings. The number of aromatic amines is 1. The Morgan fingerprint density at radius 1 is 1.47 bits per heavy atom. The van der Waals surface area contributed by atoms with Crippen LogP contribution in [-0.4, -0.2) is 25.2 Å². The molecular formula is C12H22N4O2S. The molecule has 0 atom stereocenters. The second-order valence-corrected chi connectivity index (χ2v) is 7.09. The normalized spacial score (nSPS) is 17.6. The Bertz CT molecular complexity index is 546. The highest BCUT2D eigenvalue weighted by atomic mass is 32.2. The van der Waals surface area contributed by atoms with Crippen LogP contribution in [0.2, 0.25) is 0 Å². The van der Waals surface area contributed by atoms with Gasteiger partial charge in [-0.2, -0.15) is 5.10 Å². The van der Waals surface area contributed by atoms with Gasteiger partial charge in [-0.3, -0.25) is 5.10 Å². The number of sulfonamides is 1. The second-order valence-electron chi connectivity index (χ2n) is 5.41. The van der Waals surface area contributed by atoms with Gasteiger partial charge in [-0.1, -0.05) is 13.3 Å². The number of H-pyrrole nitrogens is 1. The molecule has 6 nitrogen and oxygen atoms in total. The lowest BCUT2D eigenvalue weighted by Crippen LogP contribution is -2.31. The minimum Gasteiger partial charge on any atom is -0.326 e. The highest BCUT2D eigenvalue weighted by Crippen LogP contribution is 2.49. The fourth-order valence-corrected chi connectivity index (χ4v) is 3.79. The first-order chi connectivity index (χ1) is 8.94. The molecule has 108 valence electrons. The number of nitrogens with zero attached hydrogens (tertiary/aromatic N) is 1. The number of nitrogens with one attached hydrogen (secondary N) is 2. The summed E-state index contributed by atoms with van der Waals surface area (Å²) in [7, 11) is -3.57. The molecule has 7 heteroatoms. The minimum atomic E-state index is -3.57. The van der Waals surface area contributed by atoms with E-state index in [2.05, 4.69) is 21.8 Å². The van der Waals surface area contributed by atoms with Crippen molar-refractivity contribution >= 4 is 10.0 Å². The van der Waals surface area contributed by atoms with E-state index in [0.717, 1.165) is 25.7 Å². The molecule has 19 heavy (non-hydrogen) atoms. The first-order valence-corrected chi connectivity index (χ1v) is 8.16. The van der Waals surface area contributed by atoms with Gasteiger partial charge in [0.25, 0.3) is 10.0 Å². The fourth-order valence-electron chi connectivity index (χ4n) is 2.43. The van der Waals surface area contributed by atoms with Crippen molar-refractivity contribution in [3.63, 3.8) is 0 Å². The lowest BCUT2D eigenvalue weighted by Gasteiger charge is -2.14. The summed E-state index contributed by atoms with van der Waals surface area (Å²) >= 11 is 0. The number of hydrogen-bond acceptors (Lipinski definition) is 4. The smallest absolute Gasteiger partial charge is 0.260 e. The molecule has 1 aliphatic rings. The predicted molar refractivity (Wildman–Crippen MR) is 73.0 cm³/mol. The Labute approximate surface area is 114 Å². The number of nitrogens with two attached hydrogens (primary N) is 1. The standard InChI is InChI=1S/C12H22N4O2S/c1-3-4-12(5-6-12)8-14-19(17,18)11-10(7-13)9(2)15-16-11/h14H,3-8,13H2,1-2H3,(H,15,16). The van der Waals surface area contributed by atoms with Gasteiger partial charge in [0, 0.05) is 24.3 Å². The van der Waals surface area contributed by atoms with Gasteiger partial charge in [0.05, 0.1) is 0 Å². The summed E-state index contributed by atoms with van der Waals surface area (Å²) in [6.45, 7) is 4.56. The Hall–Kier alpha value is -0.920. The maximum Gasteiger partial charge on any atom is 0.260 e. The van der Waals surface area contributed by atoms with Crippen molar-refractivity contribution in [2.24, 2.45) is 11.1 Å². The third-order valence-electron chi connectivity index (χ3n) is 3.87. The van der Waals surface area contributed by atoms with Crippen molar-refractivity contribution in [1.82, 2.24) is 14.9 Å². The number of rotatable bonds is 7. The molecule has 0 amide bonds. The van der Waals surface area contributed by atoms with E-state index in [1.165, 1.54) is 0 Å². The summed E-state index contributed by atoms with van der Waals surface area (Å²) in [6, 6.07) is 0. The Morgan fingerprint density at radius 2 is 2.16 bits per heavy atom. The van der Waals surface area contributed by atoms with Gasteiger partial charge in [-0.15, -0.1) is 0 Å². The van der Waals surface area contributed by atoms with Crippen LogP contribution >= 0.6 is 0 Å². The van der Waals surface area contributed by atoms with E-state index in [-0.39, 0.29) is 17.0 Å². The Balaban J connectivity index is 2.10. The average molecular weight is 286 g/mol. The molecule has 1 aliphatic carbocycles. The van der Waals surface area contributed by atoms with Gasteiger partial charge < -0.3 is 5.73 Å². The molecule has 2 rings (SSSR count). The molecule has 0 saturated heterocycles. The molecule has 0 aliphatic heterocycles. The van der Waals surface area contributed by atoms with Crippen molar-refractivity contribution in [3.8, 4) is 0 Å². The van der Waals surface area contributed by atoms with Crippen molar-refractivity contribution in [3.05, 3.63) is 11.3 Å². The fraction of sp³-hybridized carbons (Fsp3) is 0.750. The summed E-state index contributed by atoms with van der Waals surface area (Å²) in [5, 5.41) is 6.59. The maximum absolute atomic E-state index is 12.3. The zero-order valence-corrected chi connectivity index (χ0v) is 12.3. The number of aryl methyl sites for hydroxylation is 1. The lowest BCUT2D eigenvalue weighted by atomic mass is 10.0. The summed E-state index contributed by atoms with van der Waals surface area (Å²) in [5.41, 5.74) is 7.03. The van der Waals surface area contributed by atoms with Gasteiger partial charge in [-0.05, 0) is 31.6 Å². The van der Waals surface area contributed by atoms with Gasteiger partial charge in [0.2, 0.25) is 0 Å². The summed E-state index contributed by atoms with van der Waals surface area (Å²) in [4.78, 5) is 0. The van der Waals surface area contributed by atoms with Gasteiger partial charge in [0.1, 0.15) is 0 Å². The van der Waals surface area contributed by atoms with Crippen molar-refractivity contribution in [1.29, 1.82) is 0 Å². The summed E-state index contributed by atoms with van der Waals surface area (Å²) in [6.07, 6.45) is 4.36. The summed E-state index contributed by atoms with van der Waals surface area (Å²) < 4.78 is 27.2. The maximum atomic E-state index is 12.3. The third kappa shape index (κ3) is 2.98. The third-order valence-corrected chi connectivity index (χ3v) is 5.24. The van der Waals surface area contributed by atoms with E-state index in [1.807, 2.05) is 0 Å². The first kappa shape index (κ1) is 14.5. The largest absolute Gasteiger partial charge is 0.326 e. The van der Waals surface area contributed by atoms with Crippen LogP contribution in [-0.2, 0) is 16.6 Å². The van der Waals surface area contributed by atoms with Crippen LogP contribution in [0.5, 0.6) is 0 Å². The molecule has 0 aromatic carbocycles. The van der Waals surface area contributed by atoms with Crippen molar-refractivity contribution in [2.75, 3.05) is 6.54 Å². The van der Waals surface area contributed by atoms with Gasteiger partial charge in [-0.25, -0.2) is 13.1 Å². The predicted octanol–water partition coefficient (Wildman–Crippen LogP) is 1.04. The Kier molecular flexibility index (Phi) is 3.98. The monoisotopic (exact) mass is 286 g/mol. The molecule has 1 aromatic heterocycles. The highest BCUT2D eigenvalue weighted by Gasteiger charge is 2.42. The lowest BCUT2D eigenvalue weighted by molar-refractivity contribution is 0.448. The second kappa shape index (κ2) is 5.22. The van der Waals surface area contributed by atoms with Crippen LogP contribution in [0.25, 0.3) is 0 Å². The van der Waals surface area contributed by atoms with E-state index in [4.69, 9.17) is 5.73 Å². The summed E-state index contributed by atoms with van der Waals surface area (Å²) in [5.74, 6) is 0. The number of aromatic nitrogens is 2. The van der Waals surface area contributed by atoms with Gasteiger partial charge in [0.15, 0.2) is 5.03 Å². The average Bonchev–Trinajstić information content (AvgIpc) is 3.02. The van der Waals surface area contributed by atoms with E-state index in [9.17, 15) is 8.42 Å². The molecular weight excluding hydrogens is 264 g/mol. The zero-order valence-electron chi connectivity index (χ0n) is 11.5. The highest BCUT2D eigenvalue weighted by molar-refractivity contribution is 7.89. The SMILES string of the molecule is CCCC1(CNS(=O)(=O)c2n[nH]c(C)c2CN)CC1. The van der Waals surface area contributed by atoms with Crippen LogP contribution in [0.15, 0.2) is 5.03 Å². The molecule has 0 unspecified atom stereocenters. The molecule has 0 radical (unpaired) electrons. The van der Waals surface area contributed by atoms with Crippen LogP contribution in [0, 0.1) is 12.3 Å². The van der Waals surface area contributed by atoms with E-state index < -0.39 is 10.0 Å². The molecule has 1 fully saturated rings. The van der Waals surface area contributed by atoms with Gasteiger partial charge >= 0.3 is 0 Å². The molecule has 0 bridgehead atoms. The minimum absolute atomic E-state index is 0.0415. The molecule has 0 spiro atoms. The molecule has 4 N–H and O–H groups in total. The van der Waals surface area contributed by atoms with Crippen LogP contribution in [0.1, 0.15) is 43.9 Å². The first-order valence-electron chi connectivity index (χ1n) is 6.68. The van der Waals surface area contributed by atoms with Crippen molar-refractivity contribution < 1.29 is 8.42 Å². The topological polar surface area (TPSA) is 101 Å². The molecule has 1 heterocycles. The van der Waals surface area contributed by atoms with E-state index in [0.29, 0.717) is 17.8 Å². The van der Waals surface area contributed by atoms with Crippen LogP contribution in [0.4, 0.5) is 0 Å². The number of hydrogen-bond donors (Lipinski definition) is 3. The zero-order chi connectivity index (χ0) is 14.1. The quantitative estimate of drug-likeness (QED) is 0.697.